The molecule has 0 aromatic heterocycles. The minimum absolute atomic E-state index is 0.742. The van der Waals surface area contributed by atoms with E-state index in [4.69, 9.17) is 0 Å². The van der Waals surface area contributed by atoms with Gasteiger partial charge in [0.15, 0.2) is 0 Å². The van der Waals surface area contributed by atoms with E-state index in [0.717, 1.165) is 18.4 Å². The zero-order chi connectivity index (χ0) is 8.67. The molecule has 0 saturated heterocycles. The van der Waals surface area contributed by atoms with Crippen molar-refractivity contribution in [2.45, 2.75) is 12.8 Å². The van der Waals surface area contributed by atoms with Crippen LogP contribution >= 0.6 is 0 Å². The Morgan fingerprint density at radius 2 is 2.15 bits per heavy atom. The minimum Gasteiger partial charge on any atom is -0.310 e. The number of hydrogen-bond donors (Lipinski definition) is 0. The first kappa shape index (κ1) is 7.06. The highest BCUT2D eigenvalue weighted by Gasteiger charge is 2.32. The monoisotopic (exact) mass is 173 g/mol. The van der Waals surface area contributed by atoms with E-state index in [9.17, 15) is 0 Å². The van der Waals surface area contributed by atoms with Gasteiger partial charge in [-0.15, -0.1) is 0 Å². The van der Waals surface area contributed by atoms with Gasteiger partial charge in [0.2, 0.25) is 0 Å². The van der Waals surface area contributed by atoms with Crippen LogP contribution in [-0.2, 0) is 0 Å². The Balaban J connectivity index is 1.96. The van der Waals surface area contributed by atoms with Gasteiger partial charge in [-0.2, -0.15) is 0 Å². The summed E-state index contributed by atoms with van der Waals surface area (Å²) in [7, 11) is 0. The molecule has 0 bridgehead atoms. The van der Waals surface area contributed by atoms with Crippen LogP contribution in [-0.4, -0.2) is 24.0 Å². The molecule has 0 aromatic carbocycles. The summed E-state index contributed by atoms with van der Waals surface area (Å²) in [5.74, 6) is 1.81. The third kappa shape index (κ3) is 1.11. The summed E-state index contributed by atoms with van der Waals surface area (Å²) in [5, 5.41) is 0. The Hall–Kier alpha value is -1.38. The predicted molar refractivity (Wildman–Crippen MR) is 52.6 cm³/mol. The van der Waals surface area contributed by atoms with E-state index in [1.165, 1.54) is 18.5 Å². The van der Waals surface area contributed by atoms with Crippen LogP contribution in [0.1, 0.15) is 12.8 Å². The quantitative estimate of drug-likeness (QED) is 0.591. The van der Waals surface area contributed by atoms with Crippen molar-refractivity contribution in [3.05, 3.63) is 23.7 Å². The van der Waals surface area contributed by atoms with E-state index < -0.39 is 0 Å². The Morgan fingerprint density at radius 3 is 3.00 bits per heavy atom. The van der Waals surface area contributed by atoms with Crippen molar-refractivity contribution < 1.29 is 0 Å². The summed E-state index contributed by atoms with van der Waals surface area (Å²) < 4.78 is 0. The maximum Gasteiger partial charge on any atom is 0.135 e. The molecule has 3 rings (SSSR count). The van der Waals surface area contributed by atoms with Crippen LogP contribution in [0.4, 0.5) is 0 Å². The van der Waals surface area contributed by atoms with E-state index in [2.05, 4.69) is 21.0 Å². The van der Waals surface area contributed by atoms with Gasteiger partial charge in [-0.05, 0) is 30.9 Å². The first-order chi connectivity index (χ1) is 6.45. The molecule has 3 heteroatoms. The number of hydrogen-bond acceptors (Lipinski definition) is 3. The highest BCUT2D eigenvalue weighted by molar-refractivity contribution is 5.79. The molecular weight excluding hydrogens is 162 g/mol. The number of aliphatic imine (C=N–C) groups is 2. The maximum absolute atomic E-state index is 4.31. The van der Waals surface area contributed by atoms with E-state index in [1.54, 1.807) is 0 Å². The second kappa shape index (κ2) is 2.55. The molecule has 0 atom stereocenters. The molecule has 0 amide bonds. The normalized spacial score (nSPS) is 25.4. The van der Waals surface area contributed by atoms with Crippen LogP contribution in [0.2, 0.25) is 0 Å². The predicted octanol–water partition coefficient (Wildman–Crippen LogP) is 1.55. The first-order valence-corrected chi connectivity index (χ1v) is 4.67. The lowest BCUT2D eigenvalue weighted by molar-refractivity contribution is 0.407. The van der Waals surface area contributed by atoms with Crippen molar-refractivity contribution in [3.8, 4) is 0 Å². The number of nitrogens with zero attached hydrogens (tertiary/aromatic N) is 3. The molecule has 3 nitrogen and oxygen atoms in total. The van der Waals surface area contributed by atoms with Gasteiger partial charge in [-0.3, -0.25) is 4.99 Å². The second-order valence-corrected chi connectivity index (χ2v) is 3.57. The van der Waals surface area contributed by atoms with E-state index >= 15 is 0 Å². The van der Waals surface area contributed by atoms with Gasteiger partial charge in [0.25, 0.3) is 0 Å². The van der Waals surface area contributed by atoms with E-state index in [1.807, 2.05) is 18.5 Å². The van der Waals surface area contributed by atoms with Crippen molar-refractivity contribution in [3.63, 3.8) is 0 Å². The third-order valence-corrected chi connectivity index (χ3v) is 2.59. The van der Waals surface area contributed by atoms with Crippen molar-refractivity contribution in [2.24, 2.45) is 15.9 Å². The fourth-order valence-electron chi connectivity index (χ4n) is 1.75. The molecule has 0 aromatic rings. The molecule has 66 valence electrons. The maximum atomic E-state index is 4.31. The molecular formula is C10H11N3. The molecule has 1 fully saturated rings. The lowest BCUT2D eigenvalue weighted by atomic mass is 10.2. The number of allylic oxidation sites excluding steroid dienone is 3. The molecule has 2 heterocycles. The first-order valence-electron chi connectivity index (χ1n) is 4.67. The largest absolute Gasteiger partial charge is 0.310 e. The summed E-state index contributed by atoms with van der Waals surface area (Å²) in [6, 6.07) is 0. The summed E-state index contributed by atoms with van der Waals surface area (Å²) in [6.07, 6.45) is 10.5. The van der Waals surface area contributed by atoms with Gasteiger partial charge in [-0.1, -0.05) is 0 Å². The fourth-order valence-corrected chi connectivity index (χ4v) is 1.75. The Morgan fingerprint density at radius 1 is 1.23 bits per heavy atom. The number of rotatable bonds is 1. The number of fused-ring (bicyclic) bond motifs is 1. The molecule has 0 N–H and O–H groups in total. The van der Waals surface area contributed by atoms with Crippen LogP contribution in [0.3, 0.4) is 0 Å². The summed E-state index contributed by atoms with van der Waals surface area (Å²) in [6.45, 7) is 0.742. The molecule has 13 heavy (non-hydrogen) atoms. The Labute approximate surface area is 77.2 Å². The lowest BCUT2D eigenvalue weighted by Crippen LogP contribution is -2.27. The molecule has 3 aliphatic rings. The Kier molecular flexibility index (Phi) is 1.39. The Bertz CT molecular complexity index is 345. The van der Waals surface area contributed by atoms with Crippen molar-refractivity contribution in [2.75, 3.05) is 6.67 Å². The van der Waals surface area contributed by atoms with Crippen LogP contribution in [0.25, 0.3) is 0 Å². The highest BCUT2D eigenvalue weighted by Crippen LogP contribution is 2.40. The van der Waals surface area contributed by atoms with Crippen LogP contribution in [0.15, 0.2) is 33.7 Å². The second-order valence-electron chi connectivity index (χ2n) is 3.57. The van der Waals surface area contributed by atoms with Crippen LogP contribution < -0.4 is 0 Å². The van der Waals surface area contributed by atoms with E-state index in [-0.39, 0.29) is 0 Å². The molecule has 0 radical (unpaired) electrons. The van der Waals surface area contributed by atoms with E-state index in [0.29, 0.717) is 0 Å². The van der Waals surface area contributed by atoms with Gasteiger partial charge in [0.05, 0.1) is 0 Å². The smallest absolute Gasteiger partial charge is 0.135 e. The van der Waals surface area contributed by atoms with Gasteiger partial charge < -0.3 is 4.90 Å². The summed E-state index contributed by atoms with van der Waals surface area (Å²) in [5.41, 5.74) is 1.40. The molecule has 2 aliphatic heterocycles. The van der Waals surface area contributed by atoms with Gasteiger partial charge >= 0.3 is 0 Å². The van der Waals surface area contributed by atoms with Crippen LogP contribution in [0, 0.1) is 5.92 Å². The van der Waals surface area contributed by atoms with Crippen molar-refractivity contribution in [1.82, 2.24) is 4.90 Å². The van der Waals surface area contributed by atoms with Gasteiger partial charge in [0, 0.05) is 18.1 Å². The fraction of sp³-hybridized carbons (Fsp3) is 0.400. The summed E-state index contributed by atoms with van der Waals surface area (Å²) in [4.78, 5) is 10.7. The highest BCUT2D eigenvalue weighted by atomic mass is 15.3. The molecule has 0 spiro atoms. The average molecular weight is 173 g/mol. The molecule has 1 saturated carbocycles. The topological polar surface area (TPSA) is 28.0 Å². The van der Waals surface area contributed by atoms with Crippen molar-refractivity contribution >= 4 is 12.4 Å². The third-order valence-electron chi connectivity index (χ3n) is 2.59. The van der Waals surface area contributed by atoms with Crippen LogP contribution in [0.5, 0.6) is 0 Å². The summed E-state index contributed by atoms with van der Waals surface area (Å²) >= 11 is 0. The zero-order valence-electron chi connectivity index (χ0n) is 7.35. The molecule has 1 aliphatic carbocycles. The van der Waals surface area contributed by atoms with Gasteiger partial charge in [-0.25, -0.2) is 4.99 Å². The van der Waals surface area contributed by atoms with Gasteiger partial charge in [0.1, 0.15) is 12.5 Å². The lowest BCUT2D eigenvalue weighted by Gasteiger charge is -2.29. The molecule has 0 unspecified atom stereocenters. The average Bonchev–Trinajstić information content (AvgIpc) is 3.00. The SMILES string of the molecule is C1=NCN2C(=C1)N=CC=C2C1CC1. The standard InChI is InChI=1S/C10H11N3/c1-2-8(1)9-3-6-12-10-4-5-11-7-13(9)10/h3-6,8H,1-2,7H2. The zero-order valence-corrected chi connectivity index (χ0v) is 7.35. The van der Waals surface area contributed by atoms with Crippen molar-refractivity contribution in [1.29, 1.82) is 0 Å². The minimum atomic E-state index is 0.742.